The van der Waals surface area contributed by atoms with Gasteiger partial charge in [0.1, 0.15) is 0 Å². The molecule has 0 saturated heterocycles. The highest BCUT2D eigenvalue weighted by Gasteiger charge is 2.31. The van der Waals surface area contributed by atoms with E-state index in [-0.39, 0.29) is 5.75 Å². The second-order valence-corrected chi connectivity index (χ2v) is 5.83. The quantitative estimate of drug-likeness (QED) is 0.659. The molecule has 0 fully saturated rings. The summed E-state index contributed by atoms with van der Waals surface area (Å²) < 4.78 is 4.55. The number of rotatable bonds is 5. The van der Waals surface area contributed by atoms with Gasteiger partial charge in [0, 0.05) is 10.6 Å². The van der Waals surface area contributed by atoms with Crippen molar-refractivity contribution in [2.24, 2.45) is 0 Å². The molecule has 0 aromatic heterocycles. The summed E-state index contributed by atoms with van der Waals surface area (Å²) in [7, 11) is 1.28. The van der Waals surface area contributed by atoms with Crippen molar-refractivity contribution in [3.63, 3.8) is 0 Å². The van der Waals surface area contributed by atoms with E-state index in [0.29, 0.717) is 5.92 Å². The van der Waals surface area contributed by atoms with Crippen molar-refractivity contribution in [3.05, 3.63) is 29.8 Å². The molecule has 1 aromatic carbocycles. The van der Waals surface area contributed by atoms with E-state index in [9.17, 15) is 9.90 Å². The van der Waals surface area contributed by atoms with Crippen molar-refractivity contribution < 1.29 is 14.6 Å². The number of carbonyl (C=O) groups is 1. The zero-order valence-electron chi connectivity index (χ0n) is 11.3. The van der Waals surface area contributed by atoms with Crippen LogP contribution in [0.2, 0.25) is 0 Å². The lowest BCUT2D eigenvalue weighted by atomic mass is 10.0. The molecule has 0 amide bonds. The molecule has 1 rings (SSSR count). The molecule has 0 aliphatic rings. The van der Waals surface area contributed by atoms with E-state index in [4.69, 9.17) is 0 Å². The summed E-state index contributed by atoms with van der Waals surface area (Å²) in [6, 6.07) is 8.15. The highest BCUT2D eigenvalue weighted by Crippen LogP contribution is 2.25. The van der Waals surface area contributed by atoms with Crippen LogP contribution in [0.5, 0.6) is 0 Å². The Bertz CT molecular complexity index is 396. The van der Waals surface area contributed by atoms with Gasteiger partial charge in [-0.05, 0) is 30.5 Å². The van der Waals surface area contributed by atoms with E-state index < -0.39 is 11.6 Å². The summed E-state index contributed by atoms with van der Waals surface area (Å²) in [5.74, 6) is 0.178. The van der Waals surface area contributed by atoms with E-state index in [1.54, 1.807) is 0 Å². The fourth-order valence-electron chi connectivity index (χ4n) is 1.45. The van der Waals surface area contributed by atoms with E-state index in [2.05, 4.69) is 30.7 Å². The molecule has 1 N–H and O–H groups in total. The maximum absolute atomic E-state index is 11.3. The normalized spacial score (nSPS) is 14.3. The molecule has 18 heavy (non-hydrogen) atoms. The summed E-state index contributed by atoms with van der Waals surface area (Å²) in [6.45, 7) is 5.75. The first-order valence-corrected chi connectivity index (χ1v) is 6.89. The van der Waals surface area contributed by atoms with Crippen molar-refractivity contribution in [3.8, 4) is 0 Å². The third-order valence-electron chi connectivity index (χ3n) is 2.69. The monoisotopic (exact) mass is 268 g/mol. The first kappa shape index (κ1) is 15.1. The summed E-state index contributed by atoms with van der Waals surface area (Å²) in [6.07, 6.45) is 0. The van der Waals surface area contributed by atoms with E-state index in [1.165, 1.54) is 31.4 Å². The Balaban J connectivity index is 2.61. The minimum atomic E-state index is -1.45. The Hall–Kier alpha value is -1.00. The molecule has 0 heterocycles. The third-order valence-corrected chi connectivity index (χ3v) is 4.00. The van der Waals surface area contributed by atoms with Crippen LogP contribution in [0.1, 0.15) is 32.3 Å². The number of hydrogen-bond acceptors (Lipinski definition) is 4. The zero-order chi connectivity index (χ0) is 13.8. The molecule has 0 aliphatic carbocycles. The van der Waals surface area contributed by atoms with Gasteiger partial charge in [0.2, 0.25) is 0 Å². The zero-order valence-corrected chi connectivity index (χ0v) is 12.1. The van der Waals surface area contributed by atoms with Gasteiger partial charge in [-0.25, -0.2) is 4.79 Å². The second kappa shape index (κ2) is 6.25. The predicted molar refractivity (Wildman–Crippen MR) is 73.9 cm³/mol. The highest BCUT2D eigenvalue weighted by molar-refractivity contribution is 7.99. The predicted octanol–water partition coefficient (Wildman–Crippen LogP) is 2.83. The minimum Gasteiger partial charge on any atom is -0.467 e. The van der Waals surface area contributed by atoms with Crippen molar-refractivity contribution >= 4 is 17.7 Å². The summed E-state index contributed by atoms with van der Waals surface area (Å²) in [4.78, 5) is 12.3. The first-order chi connectivity index (χ1) is 8.36. The molecule has 4 heteroatoms. The Morgan fingerprint density at radius 1 is 1.39 bits per heavy atom. The molecule has 3 nitrogen and oxygen atoms in total. The SMILES string of the molecule is COC(=O)C(C)(O)CSc1ccc(C(C)C)cc1. The highest BCUT2D eigenvalue weighted by atomic mass is 32.2. The topological polar surface area (TPSA) is 46.5 Å². The number of benzene rings is 1. The van der Waals surface area contributed by atoms with E-state index in [0.717, 1.165) is 4.90 Å². The maximum atomic E-state index is 11.3. The van der Waals surface area contributed by atoms with Crippen LogP contribution < -0.4 is 0 Å². The van der Waals surface area contributed by atoms with Gasteiger partial charge in [-0.15, -0.1) is 11.8 Å². The van der Waals surface area contributed by atoms with Gasteiger partial charge >= 0.3 is 5.97 Å². The molecular formula is C14H20O3S. The number of thioether (sulfide) groups is 1. The van der Waals surface area contributed by atoms with Crippen molar-refractivity contribution in [2.45, 2.75) is 37.2 Å². The van der Waals surface area contributed by atoms with Crippen LogP contribution in [0, 0.1) is 0 Å². The number of ether oxygens (including phenoxy) is 1. The van der Waals surface area contributed by atoms with Gasteiger partial charge in [-0.2, -0.15) is 0 Å². The van der Waals surface area contributed by atoms with Crippen LogP contribution in [-0.4, -0.2) is 29.5 Å². The van der Waals surface area contributed by atoms with Crippen LogP contribution >= 0.6 is 11.8 Å². The Morgan fingerprint density at radius 2 is 1.94 bits per heavy atom. The van der Waals surface area contributed by atoms with Crippen molar-refractivity contribution in [1.82, 2.24) is 0 Å². The van der Waals surface area contributed by atoms with Crippen LogP contribution in [0.25, 0.3) is 0 Å². The molecular weight excluding hydrogens is 248 g/mol. The van der Waals surface area contributed by atoms with Crippen molar-refractivity contribution in [2.75, 3.05) is 12.9 Å². The molecule has 0 spiro atoms. The number of aliphatic hydroxyl groups is 1. The molecule has 0 aliphatic heterocycles. The number of hydrogen-bond donors (Lipinski definition) is 1. The van der Waals surface area contributed by atoms with Gasteiger partial charge in [-0.1, -0.05) is 26.0 Å². The molecule has 0 bridgehead atoms. The first-order valence-electron chi connectivity index (χ1n) is 5.90. The van der Waals surface area contributed by atoms with Crippen LogP contribution in [-0.2, 0) is 9.53 Å². The molecule has 100 valence electrons. The molecule has 1 unspecified atom stereocenters. The van der Waals surface area contributed by atoms with Crippen LogP contribution in [0.15, 0.2) is 29.2 Å². The second-order valence-electron chi connectivity index (χ2n) is 4.78. The fraction of sp³-hybridized carbons (Fsp3) is 0.500. The van der Waals surface area contributed by atoms with Crippen molar-refractivity contribution in [1.29, 1.82) is 0 Å². The molecule has 0 saturated carbocycles. The lowest BCUT2D eigenvalue weighted by Crippen LogP contribution is -2.38. The smallest absolute Gasteiger partial charge is 0.338 e. The molecule has 0 radical (unpaired) electrons. The third kappa shape index (κ3) is 4.03. The van der Waals surface area contributed by atoms with Crippen LogP contribution in [0.4, 0.5) is 0 Å². The summed E-state index contributed by atoms with van der Waals surface area (Å²) in [5, 5.41) is 9.89. The number of carbonyl (C=O) groups excluding carboxylic acids is 1. The summed E-state index contributed by atoms with van der Waals surface area (Å²) in [5.41, 5.74) is -0.171. The largest absolute Gasteiger partial charge is 0.467 e. The molecule has 1 atom stereocenters. The molecule has 1 aromatic rings. The Morgan fingerprint density at radius 3 is 2.39 bits per heavy atom. The standard InChI is InChI=1S/C14H20O3S/c1-10(2)11-5-7-12(8-6-11)18-9-14(3,16)13(15)17-4/h5-8,10,16H,9H2,1-4H3. The average molecular weight is 268 g/mol. The number of esters is 1. The van der Waals surface area contributed by atoms with Gasteiger partial charge in [0.15, 0.2) is 5.60 Å². The van der Waals surface area contributed by atoms with E-state index >= 15 is 0 Å². The maximum Gasteiger partial charge on any atom is 0.338 e. The van der Waals surface area contributed by atoms with Crippen LogP contribution in [0.3, 0.4) is 0 Å². The lowest BCUT2D eigenvalue weighted by Gasteiger charge is -2.19. The number of methoxy groups -OCH3 is 1. The van der Waals surface area contributed by atoms with Gasteiger partial charge < -0.3 is 9.84 Å². The average Bonchev–Trinajstić information content (AvgIpc) is 2.35. The fourth-order valence-corrected chi connectivity index (χ4v) is 2.35. The lowest BCUT2D eigenvalue weighted by molar-refractivity contribution is -0.158. The summed E-state index contributed by atoms with van der Waals surface area (Å²) >= 11 is 1.44. The van der Waals surface area contributed by atoms with Gasteiger partial charge in [0.25, 0.3) is 0 Å². The Labute approximate surface area is 113 Å². The van der Waals surface area contributed by atoms with Gasteiger partial charge in [-0.3, -0.25) is 0 Å². The van der Waals surface area contributed by atoms with E-state index in [1.807, 2.05) is 12.1 Å². The minimum absolute atomic E-state index is 0.278. The van der Waals surface area contributed by atoms with Gasteiger partial charge in [0.05, 0.1) is 7.11 Å². The Kier molecular flexibility index (Phi) is 5.23.